The molecular weight excluding hydrogens is 306 g/mol. The van der Waals surface area contributed by atoms with E-state index >= 15 is 0 Å². The topological polar surface area (TPSA) is 134 Å². The number of urea groups is 1. The van der Waals surface area contributed by atoms with Gasteiger partial charge in [0, 0.05) is 19.2 Å². The highest BCUT2D eigenvalue weighted by Crippen LogP contribution is 2.28. The molecule has 0 aromatic carbocycles. The number of nitrogens with two attached hydrogens (primary N) is 1. The number of amides is 2. The molecule has 0 radical (unpaired) electrons. The number of carbonyl (C=O) groups is 2. The maximum atomic E-state index is 12.3. The molecule has 1 fully saturated rings. The first-order valence-electron chi connectivity index (χ1n) is 7.35. The molecule has 0 bridgehead atoms. The molecule has 23 heavy (non-hydrogen) atoms. The molecule has 2 aliphatic rings. The lowest BCUT2D eigenvalue weighted by atomic mass is 9.95. The number of ether oxygens (including phenoxy) is 2. The Bertz CT molecular complexity index is 511. The number of hydrogen-bond donors (Lipinski definition) is 4. The van der Waals surface area contributed by atoms with Gasteiger partial charge in [0.2, 0.25) is 0 Å². The van der Waals surface area contributed by atoms with Gasteiger partial charge in [-0.25, -0.2) is 4.79 Å². The summed E-state index contributed by atoms with van der Waals surface area (Å²) in [6.07, 6.45) is -1.03. The number of aliphatic hydroxyl groups excluding tert-OH is 2. The lowest BCUT2D eigenvalue weighted by Gasteiger charge is -2.37. The molecule has 0 aromatic heterocycles. The molecule has 5 N–H and O–H groups in total. The van der Waals surface area contributed by atoms with Gasteiger partial charge in [0.1, 0.15) is 18.3 Å². The summed E-state index contributed by atoms with van der Waals surface area (Å²) in [5, 5.41) is 21.7. The van der Waals surface area contributed by atoms with Crippen molar-refractivity contribution in [2.24, 2.45) is 11.7 Å². The summed E-state index contributed by atoms with van der Waals surface area (Å²) >= 11 is 0. The lowest BCUT2D eigenvalue weighted by Crippen LogP contribution is -2.67. The Hall–Kier alpha value is -1.52. The van der Waals surface area contributed by atoms with Crippen LogP contribution >= 0.6 is 0 Å². The van der Waals surface area contributed by atoms with Crippen molar-refractivity contribution in [3.05, 3.63) is 12.3 Å². The Kier molecular flexibility index (Phi) is 5.07. The molecule has 0 aliphatic carbocycles. The average molecular weight is 329 g/mol. The molecule has 1 unspecified atom stereocenters. The Labute approximate surface area is 134 Å². The van der Waals surface area contributed by atoms with E-state index in [9.17, 15) is 19.8 Å². The summed E-state index contributed by atoms with van der Waals surface area (Å²) in [5.74, 6) is -0.683. The van der Waals surface area contributed by atoms with E-state index < -0.39 is 42.8 Å². The minimum absolute atomic E-state index is 0.328. The zero-order valence-electron chi connectivity index (χ0n) is 13.3. The van der Waals surface area contributed by atoms with E-state index in [0.29, 0.717) is 0 Å². The van der Waals surface area contributed by atoms with Crippen LogP contribution < -0.4 is 11.1 Å². The summed E-state index contributed by atoms with van der Waals surface area (Å²) in [4.78, 5) is 25.6. The largest absolute Gasteiger partial charge is 0.394 e. The second-order valence-electron chi connectivity index (χ2n) is 5.98. The first-order valence-corrected chi connectivity index (χ1v) is 7.35. The third kappa shape index (κ3) is 3.10. The fourth-order valence-corrected chi connectivity index (χ4v) is 2.72. The first kappa shape index (κ1) is 17.8. The maximum absolute atomic E-state index is 12.3. The van der Waals surface area contributed by atoms with Crippen LogP contribution in [0.3, 0.4) is 0 Å². The second kappa shape index (κ2) is 6.54. The number of carbonyl (C=O) groups excluding carboxylic acids is 2. The number of methoxy groups -OCH3 is 1. The van der Waals surface area contributed by atoms with E-state index in [1.807, 2.05) is 0 Å². The predicted octanol–water partition coefficient (Wildman–Crippen LogP) is -1.50. The van der Waals surface area contributed by atoms with Gasteiger partial charge in [0.25, 0.3) is 0 Å². The van der Waals surface area contributed by atoms with E-state index in [2.05, 4.69) is 5.32 Å². The third-order valence-corrected chi connectivity index (χ3v) is 4.02. The van der Waals surface area contributed by atoms with Gasteiger partial charge in [-0.15, -0.1) is 0 Å². The van der Waals surface area contributed by atoms with Crippen molar-refractivity contribution in [2.75, 3.05) is 13.7 Å². The van der Waals surface area contributed by atoms with Crippen molar-refractivity contribution in [2.45, 2.75) is 44.1 Å². The quantitative estimate of drug-likeness (QED) is 0.482. The number of rotatable bonds is 5. The van der Waals surface area contributed by atoms with Gasteiger partial charge in [-0.05, 0) is 6.08 Å². The van der Waals surface area contributed by atoms with Gasteiger partial charge < -0.3 is 25.0 Å². The molecule has 2 amide bonds. The molecule has 0 saturated carbocycles. The van der Waals surface area contributed by atoms with Gasteiger partial charge in [-0.1, -0.05) is 13.8 Å². The molecule has 2 rings (SSSR count). The SMILES string of the molecule is CO[C@@H]1[C@H](O)[C@@H](CO)O[C@H]1N1C=CC(N)(C(=O)C(C)C)NC1=O. The number of Topliss-reactive ketones (excluding diaryl/α,β-unsaturated/α-hetero) is 1. The van der Waals surface area contributed by atoms with E-state index in [4.69, 9.17) is 15.2 Å². The van der Waals surface area contributed by atoms with Crippen LogP contribution in [0, 0.1) is 5.92 Å². The lowest BCUT2D eigenvalue weighted by molar-refractivity contribution is -0.127. The van der Waals surface area contributed by atoms with E-state index in [0.717, 1.165) is 4.90 Å². The minimum atomic E-state index is -1.59. The van der Waals surface area contributed by atoms with Crippen molar-refractivity contribution in [3.8, 4) is 0 Å². The number of ketones is 1. The molecule has 2 aliphatic heterocycles. The Balaban J connectivity index is 2.22. The summed E-state index contributed by atoms with van der Waals surface area (Å²) in [7, 11) is 1.37. The van der Waals surface area contributed by atoms with Crippen LogP contribution in [-0.4, -0.2) is 70.8 Å². The maximum Gasteiger partial charge on any atom is 0.325 e. The highest BCUT2D eigenvalue weighted by atomic mass is 16.6. The smallest absolute Gasteiger partial charge is 0.325 e. The Morgan fingerprint density at radius 2 is 2.26 bits per heavy atom. The third-order valence-electron chi connectivity index (χ3n) is 4.02. The number of nitrogens with zero attached hydrogens (tertiary/aromatic N) is 1. The van der Waals surface area contributed by atoms with Crippen molar-refractivity contribution in [1.82, 2.24) is 10.2 Å². The van der Waals surface area contributed by atoms with Crippen LogP contribution in [0.1, 0.15) is 13.8 Å². The van der Waals surface area contributed by atoms with Crippen molar-refractivity contribution in [1.29, 1.82) is 0 Å². The number of hydrogen-bond acceptors (Lipinski definition) is 7. The molecule has 9 heteroatoms. The first-order chi connectivity index (χ1) is 10.7. The van der Waals surface area contributed by atoms with E-state index in [1.165, 1.54) is 19.4 Å². The molecule has 130 valence electrons. The zero-order chi connectivity index (χ0) is 17.4. The zero-order valence-corrected chi connectivity index (χ0v) is 13.3. The fraction of sp³-hybridized carbons (Fsp3) is 0.714. The molecule has 1 saturated heterocycles. The number of aliphatic hydroxyl groups is 2. The minimum Gasteiger partial charge on any atom is -0.394 e. The molecule has 2 heterocycles. The van der Waals surface area contributed by atoms with Crippen LogP contribution in [0.4, 0.5) is 4.79 Å². The summed E-state index contributed by atoms with van der Waals surface area (Å²) in [6, 6.07) is -0.651. The van der Waals surface area contributed by atoms with Gasteiger partial charge in [-0.2, -0.15) is 0 Å². The summed E-state index contributed by atoms with van der Waals surface area (Å²) in [6.45, 7) is 2.96. The summed E-state index contributed by atoms with van der Waals surface area (Å²) in [5.41, 5.74) is 4.36. The monoisotopic (exact) mass is 329 g/mol. The van der Waals surface area contributed by atoms with Crippen molar-refractivity contribution in [3.63, 3.8) is 0 Å². The number of nitrogens with one attached hydrogen (secondary N) is 1. The Morgan fingerprint density at radius 3 is 2.74 bits per heavy atom. The van der Waals surface area contributed by atoms with Crippen LogP contribution in [0.25, 0.3) is 0 Å². The molecule has 0 aromatic rings. The van der Waals surface area contributed by atoms with Gasteiger partial charge in [0.15, 0.2) is 17.7 Å². The van der Waals surface area contributed by atoms with Crippen LogP contribution in [0.2, 0.25) is 0 Å². The van der Waals surface area contributed by atoms with Crippen LogP contribution in [0.15, 0.2) is 12.3 Å². The summed E-state index contributed by atoms with van der Waals surface area (Å²) < 4.78 is 10.6. The van der Waals surface area contributed by atoms with Gasteiger partial charge >= 0.3 is 6.03 Å². The average Bonchev–Trinajstić information content (AvgIpc) is 2.82. The molecule has 0 spiro atoms. The predicted molar refractivity (Wildman–Crippen MR) is 78.8 cm³/mol. The molecular formula is C14H23N3O6. The fourth-order valence-electron chi connectivity index (χ4n) is 2.72. The van der Waals surface area contributed by atoms with Crippen LogP contribution in [-0.2, 0) is 14.3 Å². The Morgan fingerprint density at radius 1 is 1.61 bits per heavy atom. The molecule has 9 nitrogen and oxygen atoms in total. The van der Waals surface area contributed by atoms with Crippen LogP contribution in [0.5, 0.6) is 0 Å². The van der Waals surface area contributed by atoms with E-state index in [-0.39, 0.29) is 11.7 Å². The highest BCUT2D eigenvalue weighted by molar-refractivity contribution is 5.96. The highest BCUT2D eigenvalue weighted by Gasteiger charge is 2.49. The standard InChI is InChI=1S/C14H23N3O6/c1-7(2)11(20)14(15)4-5-17(13(21)16-14)12-10(22-3)9(19)8(6-18)23-12/h4-5,7-10,12,18-19H,6,15H2,1-3H3,(H,16,21)/t8-,9-,10-,12-,14?/m1/s1. The normalized spacial score (nSPS) is 37.3. The van der Waals surface area contributed by atoms with Gasteiger partial charge in [-0.3, -0.25) is 15.4 Å². The van der Waals surface area contributed by atoms with Gasteiger partial charge in [0.05, 0.1) is 6.61 Å². The molecule has 5 atom stereocenters. The second-order valence-corrected chi connectivity index (χ2v) is 5.98. The van der Waals surface area contributed by atoms with E-state index in [1.54, 1.807) is 13.8 Å². The van der Waals surface area contributed by atoms with Crippen molar-refractivity contribution < 1.29 is 29.3 Å². The van der Waals surface area contributed by atoms with Crippen molar-refractivity contribution >= 4 is 11.8 Å².